The van der Waals surface area contributed by atoms with Gasteiger partial charge in [-0.3, -0.25) is 9.59 Å². The third kappa shape index (κ3) is 5.44. The van der Waals surface area contributed by atoms with Crippen LogP contribution in [-0.2, 0) is 20.7 Å². The standard InChI is InChI=1S/C17H24N6O3S2/c1-2-26-14(25)8-12-9-27-16(19-12)20-13(24)10-28-17-22-21-15(23(17)18)11-6-4-3-5-7-11/h9,11H,2-8,10,18H2,1H3,(H,19,20,24). The van der Waals surface area contributed by atoms with E-state index in [1.54, 1.807) is 12.3 Å². The van der Waals surface area contributed by atoms with Gasteiger partial charge in [-0.15, -0.1) is 21.5 Å². The minimum absolute atomic E-state index is 0.0924. The normalized spacial score (nSPS) is 14.8. The zero-order chi connectivity index (χ0) is 19.9. The van der Waals surface area contributed by atoms with Crippen LogP contribution in [0.2, 0.25) is 0 Å². The maximum absolute atomic E-state index is 12.2. The number of nitrogen functional groups attached to an aromatic ring is 1. The van der Waals surface area contributed by atoms with Crippen molar-refractivity contribution in [2.75, 3.05) is 23.5 Å². The molecule has 3 N–H and O–H groups in total. The summed E-state index contributed by atoms with van der Waals surface area (Å²) in [6.45, 7) is 2.08. The van der Waals surface area contributed by atoms with Gasteiger partial charge in [-0.25, -0.2) is 9.66 Å². The fraction of sp³-hybridized carbons (Fsp3) is 0.588. The van der Waals surface area contributed by atoms with Crippen LogP contribution in [0.5, 0.6) is 0 Å². The lowest BCUT2D eigenvalue weighted by Crippen LogP contribution is -2.19. The number of hydrogen-bond acceptors (Lipinski definition) is 9. The van der Waals surface area contributed by atoms with E-state index in [0.29, 0.717) is 28.5 Å². The van der Waals surface area contributed by atoms with Crippen molar-refractivity contribution in [3.8, 4) is 0 Å². The summed E-state index contributed by atoms with van der Waals surface area (Å²) in [4.78, 5) is 27.9. The molecule has 0 bridgehead atoms. The van der Waals surface area contributed by atoms with Crippen molar-refractivity contribution in [2.45, 2.75) is 56.5 Å². The molecule has 0 radical (unpaired) electrons. The molecule has 0 saturated heterocycles. The molecule has 3 rings (SSSR count). The third-order valence-corrected chi connectivity index (χ3v) is 6.17. The second kappa shape index (κ2) is 9.87. The lowest BCUT2D eigenvalue weighted by Gasteiger charge is -2.20. The number of carbonyl (C=O) groups is 2. The molecule has 28 heavy (non-hydrogen) atoms. The highest BCUT2D eigenvalue weighted by Crippen LogP contribution is 2.32. The molecule has 1 aliphatic rings. The fourth-order valence-electron chi connectivity index (χ4n) is 3.12. The van der Waals surface area contributed by atoms with Crippen molar-refractivity contribution in [2.24, 2.45) is 0 Å². The minimum atomic E-state index is -0.336. The molecule has 1 saturated carbocycles. The summed E-state index contributed by atoms with van der Waals surface area (Å²) in [5.41, 5.74) is 0.574. The van der Waals surface area contributed by atoms with E-state index in [1.807, 2.05) is 0 Å². The number of amides is 1. The van der Waals surface area contributed by atoms with Gasteiger partial charge in [0, 0.05) is 11.3 Å². The number of nitrogens with zero attached hydrogens (tertiary/aromatic N) is 4. The van der Waals surface area contributed by atoms with Crippen LogP contribution < -0.4 is 11.2 Å². The molecule has 1 fully saturated rings. The quantitative estimate of drug-likeness (QED) is 0.376. The van der Waals surface area contributed by atoms with Crippen molar-refractivity contribution < 1.29 is 14.3 Å². The van der Waals surface area contributed by atoms with Crippen molar-refractivity contribution in [3.63, 3.8) is 0 Å². The Bertz CT molecular complexity index is 816. The van der Waals surface area contributed by atoms with E-state index in [1.165, 1.54) is 47.0 Å². The smallest absolute Gasteiger partial charge is 0.311 e. The number of thioether (sulfide) groups is 1. The summed E-state index contributed by atoms with van der Waals surface area (Å²) in [6, 6.07) is 0. The summed E-state index contributed by atoms with van der Waals surface area (Å²) >= 11 is 2.51. The predicted octanol–water partition coefficient (Wildman–Crippen LogP) is 2.33. The number of rotatable bonds is 8. The predicted molar refractivity (Wildman–Crippen MR) is 108 cm³/mol. The van der Waals surface area contributed by atoms with E-state index in [9.17, 15) is 9.59 Å². The molecule has 0 aromatic carbocycles. The number of thiazole rings is 1. The van der Waals surface area contributed by atoms with E-state index < -0.39 is 0 Å². The molecule has 152 valence electrons. The average Bonchev–Trinajstić information content (AvgIpc) is 3.27. The first-order chi connectivity index (χ1) is 13.6. The number of carbonyl (C=O) groups excluding carboxylic acids is 2. The van der Waals surface area contributed by atoms with Crippen LogP contribution in [0.3, 0.4) is 0 Å². The molecule has 1 aliphatic carbocycles. The highest BCUT2D eigenvalue weighted by atomic mass is 32.2. The summed E-state index contributed by atoms with van der Waals surface area (Å²) in [5.74, 6) is 6.87. The second-order valence-electron chi connectivity index (χ2n) is 6.51. The summed E-state index contributed by atoms with van der Waals surface area (Å²) < 4.78 is 6.40. The largest absolute Gasteiger partial charge is 0.466 e. The van der Waals surface area contributed by atoms with Gasteiger partial charge in [-0.05, 0) is 19.8 Å². The lowest BCUT2D eigenvalue weighted by atomic mass is 9.89. The van der Waals surface area contributed by atoms with E-state index in [2.05, 4.69) is 20.5 Å². The van der Waals surface area contributed by atoms with Crippen molar-refractivity contribution in [1.29, 1.82) is 0 Å². The lowest BCUT2D eigenvalue weighted by molar-refractivity contribution is -0.142. The van der Waals surface area contributed by atoms with Gasteiger partial charge in [-0.1, -0.05) is 31.0 Å². The van der Waals surface area contributed by atoms with E-state index in [0.717, 1.165) is 18.7 Å². The van der Waals surface area contributed by atoms with Gasteiger partial charge in [0.15, 0.2) is 11.0 Å². The molecule has 2 heterocycles. The van der Waals surface area contributed by atoms with E-state index >= 15 is 0 Å². The first-order valence-electron chi connectivity index (χ1n) is 9.30. The van der Waals surface area contributed by atoms with Crippen LogP contribution in [0, 0.1) is 0 Å². The van der Waals surface area contributed by atoms with Crippen molar-refractivity contribution in [1.82, 2.24) is 19.9 Å². The van der Waals surface area contributed by atoms with Gasteiger partial charge in [0.2, 0.25) is 11.1 Å². The highest BCUT2D eigenvalue weighted by molar-refractivity contribution is 7.99. The molecule has 0 atom stereocenters. The molecule has 11 heteroatoms. The molecule has 2 aromatic heterocycles. The highest BCUT2D eigenvalue weighted by Gasteiger charge is 2.23. The van der Waals surface area contributed by atoms with Crippen LogP contribution in [0.1, 0.15) is 56.5 Å². The topological polar surface area (TPSA) is 125 Å². The zero-order valence-electron chi connectivity index (χ0n) is 15.7. The molecule has 0 aliphatic heterocycles. The Morgan fingerprint density at radius 3 is 2.89 bits per heavy atom. The van der Waals surface area contributed by atoms with Gasteiger partial charge in [0.05, 0.1) is 24.5 Å². The zero-order valence-corrected chi connectivity index (χ0v) is 17.4. The van der Waals surface area contributed by atoms with Crippen LogP contribution >= 0.6 is 23.1 Å². The van der Waals surface area contributed by atoms with Crippen molar-refractivity contribution in [3.05, 3.63) is 16.9 Å². The summed E-state index contributed by atoms with van der Waals surface area (Å²) in [7, 11) is 0. The Morgan fingerprint density at radius 1 is 1.36 bits per heavy atom. The molecule has 0 spiro atoms. The first kappa shape index (κ1) is 20.6. The van der Waals surface area contributed by atoms with Gasteiger partial charge in [-0.2, -0.15) is 0 Å². The van der Waals surface area contributed by atoms with E-state index in [-0.39, 0.29) is 24.1 Å². The molecular weight excluding hydrogens is 400 g/mol. The van der Waals surface area contributed by atoms with Crippen LogP contribution in [0.4, 0.5) is 5.13 Å². The maximum Gasteiger partial charge on any atom is 0.311 e. The SMILES string of the molecule is CCOC(=O)Cc1csc(NC(=O)CSc2nnc(C3CCCCC3)n2N)n1. The number of esters is 1. The maximum atomic E-state index is 12.2. The fourth-order valence-corrected chi connectivity index (χ4v) is 4.51. The Morgan fingerprint density at radius 2 is 2.14 bits per heavy atom. The average molecular weight is 425 g/mol. The van der Waals surface area contributed by atoms with Crippen LogP contribution in [0.25, 0.3) is 0 Å². The number of anilines is 1. The Balaban J connectivity index is 1.49. The van der Waals surface area contributed by atoms with Gasteiger partial charge < -0.3 is 15.9 Å². The number of hydrogen-bond donors (Lipinski definition) is 2. The number of aromatic nitrogens is 4. The molecule has 0 unspecified atom stereocenters. The second-order valence-corrected chi connectivity index (χ2v) is 8.31. The monoisotopic (exact) mass is 424 g/mol. The Labute approximate surface area is 171 Å². The third-order valence-electron chi connectivity index (χ3n) is 4.42. The molecular formula is C17H24N6O3S2. The van der Waals surface area contributed by atoms with E-state index in [4.69, 9.17) is 10.6 Å². The number of nitrogens with two attached hydrogens (primary N) is 1. The molecule has 2 aromatic rings. The number of nitrogens with one attached hydrogen (secondary N) is 1. The van der Waals surface area contributed by atoms with Crippen molar-refractivity contribution >= 4 is 40.1 Å². The Kier molecular flexibility index (Phi) is 7.26. The van der Waals surface area contributed by atoms with Gasteiger partial charge in [0.1, 0.15) is 0 Å². The molecule has 9 nitrogen and oxygen atoms in total. The molecule has 1 amide bonds. The number of ether oxygens (including phenoxy) is 1. The van der Waals surface area contributed by atoms with Crippen LogP contribution in [-0.4, -0.2) is 44.1 Å². The van der Waals surface area contributed by atoms with Crippen LogP contribution in [0.15, 0.2) is 10.5 Å². The summed E-state index contributed by atoms with van der Waals surface area (Å²) in [5, 5.41) is 13.8. The van der Waals surface area contributed by atoms with Gasteiger partial charge >= 0.3 is 5.97 Å². The Hall–Kier alpha value is -2.14. The first-order valence-corrected chi connectivity index (χ1v) is 11.2. The minimum Gasteiger partial charge on any atom is -0.466 e. The summed E-state index contributed by atoms with van der Waals surface area (Å²) in [6.07, 6.45) is 5.89. The van der Waals surface area contributed by atoms with Gasteiger partial charge in [0.25, 0.3) is 0 Å².